The second-order valence-corrected chi connectivity index (χ2v) is 4.35. The first kappa shape index (κ1) is 14.6. The standard InChI is InChI=1S/C12H20N6O2/c1-3-5-10(19-4-2)11-14-12(20-16-11)9-8-18(7-6-13)17-15-9/h8,10H,3-7,13H2,1-2H3. The summed E-state index contributed by atoms with van der Waals surface area (Å²) in [7, 11) is 0. The van der Waals surface area contributed by atoms with E-state index >= 15 is 0 Å². The first-order chi connectivity index (χ1) is 9.78. The van der Waals surface area contributed by atoms with E-state index in [-0.39, 0.29) is 6.10 Å². The molecule has 0 aliphatic carbocycles. The summed E-state index contributed by atoms with van der Waals surface area (Å²) < 4.78 is 12.5. The first-order valence-electron chi connectivity index (χ1n) is 6.84. The van der Waals surface area contributed by atoms with Crippen LogP contribution in [0.3, 0.4) is 0 Å². The molecule has 0 spiro atoms. The van der Waals surface area contributed by atoms with Gasteiger partial charge in [0.25, 0.3) is 5.89 Å². The Balaban J connectivity index is 2.13. The average molecular weight is 280 g/mol. The van der Waals surface area contributed by atoms with Gasteiger partial charge >= 0.3 is 0 Å². The molecule has 0 saturated carbocycles. The second kappa shape index (κ2) is 7.11. The maximum absolute atomic E-state index is 5.62. The van der Waals surface area contributed by atoms with Gasteiger partial charge in [-0.2, -0.15) is 4.98 Å². The largest absolute Gasteiger partial charge is 0.370 e. The molecular weight excluding hydrogens is 260 g/mol. The lowest BCUT2D eigenvalue weighted by Gasteiger charge is -2.10. The van der Waals surface area contributed by atoms with Crippen LogP contribution in [-0.2, 0) is 11.3 Å². The van der Waals surface area contributed by atoms with E-state index < -0.39 is 0 Å². The predicted molar refractivity (Wildman–Crippen MR) is 71.6 cm³/mol. The van der Waals surface area contributed by atoms with Crippen molar-refractivity contribution in [2.75, 3.05) is 13.2 Å². The Kier molecular flexibility index (Phi) is 5.19. The summed E-state index contributed by atoms with van der Waals surface area (Å²) in [6, 6.07) is 0. The minimum Gasteiger partial charge on any atom is -0.370 e. The number of nitrogens with two attached hydrogens (primary N) is 1. The summed E-state index contributed by atoms with van der Waals surface area (Å²) in [5.74, 6) is 0.904. The molecule has 1 atom stereocenters. The summed E-state index contributed by atoms with van der Waals surface area (Å²) >= 11 is 0. The molecule has 2 rings (SSSR count). The van der Waals surface area contributed by atoms with Gasteiger partial charge in [0.05, 0.1) is 12.7 Å². The fourth-order valence-corrected chi connectivity index (χ4v) is 1.86. The molecule has 20 heavy (non-hydrogen) atoms. The molecule has 0 bridgehead atoms. The zero-order chi connectivity index (χ0) is 14.4. The minimum atomic E-state index is -0.137. The van der Waals surface area contributed by atoms with E-state index in [9.17, 15) is 0 Å². The van der Waals surface area contributed by atoms with Gasteiger partial charge in [-0.05, 0) is 13.3 Å². The Hall–Kier alpha value is -1.80. The van der Waals surface area contributed by atoms with Crippen molar-refractivity contribution in [1.29, 1.82) is 0 Å². The van der Waals surface area contributed by atoms with Crippen LogP contribution in [0, 0.1) is 0 Å². The van der Waals surface area contributed by atoms with E-state index in [4.69, 9.17) is 15.0 Å². The van der Waals surface area contributed by atoms with Gasteiger partial charge in [-0.1, -0.05) is 23.7 Å². The number of nitrogens with zero attached hydrogens (tertiary/aromatic N) is 5. The number of rotatable bonds is 8. The second-order valence-electron chi connectivity index (χ2n) is 4.35. The molecule has 0 saturated heterocycles. The van der Waals surface area contributed by atoms with E-state index in [1.807, 2.05) is 6.92 Å². The molecule has 8 heteroatoms. The van der Waals surface area contributed by atoms with E-state index in [2.05, 4.69) is 27.4 Å². The normalized spacial score (nSPS) is 12.8. The lowest BCUT2D eigenvalue weighted by atomic mass is 10.2. The van der Waals surface area contributed by atoms with E-state index in [0.29, 0.717) is 37.1 Å². The van der Waals surface area contributed by atoms with Crippen LogP contribution < -0.4 is 5.73 Å². The van der Waals surface area contributed by atoms with Crippen LogP contribution >= 0.6 is 0 Å². The SMILES string of the molecule is CCCC(OCC)c1noc(-c2cn(CCN)nn2)n1. The molecule has 2 aromatic heterocycles. The number of hydrogen-bond donors (Lipinski definition) is 1. The number of hydrogen-bond acceptors (Lipinski definition) is 7. The van der Waals surface area contributed by atoms with Gasteiger partial charge in [0.1, 0.15) is 6.10 Å². The van der Waals surface area contributed by atoms with E-state index in [0.717, 1.165) is 12.8 Å². The third-order valence-corrected chi connectivity index (χ3v) is 2.76. The Labute approximate surface area is 117 Å². The van der Waals surface area contributed by atoms with Crippen LogP contribution in [0.1, 0.15) is 38.6 Å². The molecule has 0 radical (unpaired) electrons. The van der Waals surface area contributed by atoms with Crippen molar-refractivity contribution in [2.45, 2.75) is 39.3 Å². The zero-order valence-corrected chi connectivity index (χ0v) is 11.8. The monoisotopic (exact) mass is 280 g/mol. The van der Waals surface area contributed by atoms with E-state index in [1.165, 1.54) is 0 Å². The van der Waals surface area contributed by atoms with Crippen LogP contribution in [0.4, 0.5) is 0 Å². The highest BCUT2D eigenvalue weighted by atomic mass is 16.5. The Morgan fingerprint density at radius 1 is 1.45 bits per heavy atom. The molecule has 2 N–H and O–H groups in total. The third kappa shape index (κ3) is 3.40. The van der Waals surface area contributed by atoms with Gasteiger partial charge in [-0.15, -0.1) is 5.10 Å². The highest BCUT2D eigenvalue weighted by molar-refractivity contribution is 5.43. The molecule has 1 unspecified atom stereocenters. The first-order valence-corrected chi connectivity index (χ1v) is 6.84. The van der Waals surface area contributed by atoms with Crippen LogP contribution in [0.2, 0.25) is 0 Å². The van der Waals surface area contributed by atoms with Crippen LogP contribution in [0.5, 0.6) is 0 Å². The molecule has 0 aromatic carbocycles. The maximum atomic E-state index is 5.62. The van der Waals surface area contributed by atoms with Crippen molar-refractivity contribution in [3.05, 3.63) is 12.0 Å². The lowest BCUT2D eigenvalue weighted by molar-refractivity contribution is 0.0478. The molecule has 110 valence electrons. The molecule has 0 fully saturated rings. The molecule has 0 amide bonds. The quantitative estimate of drug-likeness (QED) is 0.773. The summed E-state index contributed by atoms with van der Waals surface area (Å²) in [6.45, 7) is 5.75. The highest BCUT2D eigenvalue weighted by Gasteiger charge is 2.19. The smallest absolute Gasteiger partial charge is 0.280 e. The minimum absolute atomic E-state index is 0.137. The number of ether oxygens (including phenoxy) is 1. The summed E-state index contributed by atoms with van der Waals surface area (Å²) in [6.07, 6.45) is 3.44. The fraction of sp³-hybridized carbons (Fsp3) is 0.667. The van der Waals surface area contributed by atoms with Crippen molar-refractivity contribution in [3.8, 4) is 11.6 Å². The van der Waals surface area contributed by atoms with Gasteiger partial charge in [-0.3, -0.25) is 4.68 Å². The van der Waals surface area contributed by atoms with Gasteiger partial charge in [0, 0.05) is 13.2 Å². The molecule has 0 aliphatic heterocycles. The van der Waals surface area contributed by atoms with Crippen LogP contribution in [0.15, 0.2) is 10.7 Å². The fourth-order valence-electron chi connectivity index (χ4n) is 1.86. The summed E-state index contributed by atoms with van der Waals surface area (Å²) in [5.41, 5.74) is 6.01. The van der Waals surface area contributed by atoms with Crippen molar-refractivity contribution in [3.63, 3.8) is 0 Å². The van der Waals surface area contributed by atoms with E-state index in [1.54, 1.807) is 10.9 Å². The summed E-state index contributed by atoms with van der Waals surface area (Å²) in [4.78, 5) is 4.34. The van der Waals surface area contributed by atoms with Crippen molar-refractivity contribution in [1.82, 2.24) is 25.1 Å². The molecule has 8 nitrogen and oxygen atoms in total. The zero-order valence-electron chi connectivity index (χ0n) is 11.8. The van der Waals surface area contributed by atoms with Gasteiger partial charge < -0.3 is 15.0 Å². The Morgan fingerprint density at radius 2 is 2.30 bits per heavy atom. The maximum Gasteiger partial charge on any atom is 0.280 e. The van der Waals surface area contributed by atoms with Gasteiger partial charge in [0.15, 0.2) is 5.69 Å². The Bertz CT molecular complexity index is 518. The van der Waals surface area contributed by atoms with Crippen molar-refractivity contribution in [2.24, 2.45) is 5.73 Å². The Morgan fingerprint density at radius 3 is 3.00 bits per heavy atom. The third-order valence-electron chi connectivity index (χ3n) is 2.76. The summed E-state index contributed by atoms with van der Waals surface area (Å²) in [5, 5.41) is 11.9. The van der Waals surface area contributed by atoms with Crippen molar-refractivity contribution < 1.29 is 9.26 Å². The van der Waals surface area contributed by atoms with Gasteiger partial charge in [0.2, 0.25) is 5.82 Å². The van der Waals surface area contributed by atoms with Gasteiger partial charge in [-0.25, -0.2) is 0 Å². The van der Waals surface area contributed by atoms with Crippen molar-refractivity contribution >= 4 is 0 Å². The number of aromatic nitrogens is 5. The van der Waals surface area contributed by atoms with Crippen LogP contribution in [-0.4, -0.2) is 38.3 Å². The molecular formula is C12H20N6O2. The molecule has 2 heterocycles. The average Bonchev–Trinajstić information content (AvgIpc) is 3.07. The molecule has 2 aromatic rings. The lowest BCUT2D eigenvalue weighted by Crippen LogP contribution is -2.10. The molecule has 0 aliphatic rings. The predicted octanol–water partition coefficient (Wildman–Crippen LogP) is 1.16. The topological polar surface area (TPSA) is 105 Å². The van der Waals surface area contributed by atoms with Crippen LogP contribution in [0.25, 0.3) is 11.6 Å². The highest BCUT2D eigenvalue weighted by Crippen LogP contribution is 2.22.